The molecule has 0 radical (unpaired) electrons. The van der Waals surface area contributed by atoms with Gasteiger partial charge in [0.25, 0.3) is 5.91 Å². The van der Waals surface area contributed by atoms with Crippen LogP contribution >= 0.6 is 0 Å². The predicted molar refractivity (Wildman–Crippen MR) is 89.0 cm³/mol. The first-order valence-electron chi connectivity index (χ1n) is 8.34. The summed E-state index contributed by atoms with van der Waals surface area (Å²) in [5.41, 5.74) is 1.89. The molecule has 1 amide bonds. The number of carboxylic acid groups (broad SMARTS) is 1. The molecule has 2 unspecified atom stereocenters. The molecule has 4 rings (SSSR count). The second-order valence-corrected chi connectivity index (χ2v) is 6.52. The van der Waals surface area contributed by atoms with Crippen molar-refractivity contribution in [3.05, 3.63) is 65.5 Å². The topological polar surface area (TPSA) is 79.7 Å². The van der Waals surface area contributed by atoms with Gasteiger partial charge in [-0.25, -0.2) is 4.79 Å². The van der Waals surface area contributed by atoms with Crippen molar-refractivity contribution in [1.82, 2.24) is 9.88 Å². The SMILES string of the molecule is O=C(O)OC1c2ccccc2C(=O)N(CC2CC2)C1c1cccnc1. The van der Waals surface area contributed by atoms with Gasteiger partial charge in [0.1, 0.15) is 6.04 Å². The third kappa shape index (κ3) is 2.95. The zero-order valence-corrected chi connectivity index (χ0v) is 13.5. The van der Waals surface area contributed by atoms with E-state index in [9.17, 15) is 14.7 Å². The van der Waals surface area contributed by atoms with E-state index in [-0.39, 0.29) is 5.91 Å². The Bertz CT molecular complexity index is 804. The summed E-state index contributed by atoms with van der Waals surface area (Å²) >= 11 is 0. The van der Waals surface area contributed by atoms with Crippen molar-refractivity contribution in [1.29, 1.82) is 0 Å². The summed E-state index contributed by atoms with van der Waals surface area (Å²) in [7, 11) is 0. The van der Waals surface area contributed by atoms with Crippen molar-refractivity contribution in [2.75, 3.05) is 6.54 Å². The van der Waals surface area contributed by atoms with Gasteiger partial charge in [-0.2, -0.15) is 0 Å². The lowest BCUT2D eigenvalue weighted by molar-refractivity contribution is -0.00761. The number of fused-ring (bicyclic) bond motifs is 1. The Balaban J connectivity index is 1.84. The number of hydrogen-bond acceptors (Lipinski definition) is 4. The summed E-state index contributed by atoms with van der Waals surface area (Å²) in [6, 6.07) is 10.2. The molecule has 6 heteroatoms. The van der Waals surface area contributed by atoms with Crippen molar-refractivity contribution in [2.45, 2.75) is 25.0 Å². The zero-order chi connectivity index (χ0) is 17.4. The molecule has 0 saturated heterocycles. The number of carbonyl (C=O) groups excluding carboxylic acids is 1. The fraction of sp³-hybridized carbons (Fsp3) is 0.316. The van der Waals surface area contributed by atoms with Gasteiger partial charge in [0.2, 0.25) is 0 Å². The van der Waals surface area contributed by atoms with Crippen LogP contribution in [-0.2, 0) is 4.74 Å². The van der Waals surface area contributed by atoms with E-state index in [2.05, 4.69) is 4.98 Å². The molecule has 6 nitrogen and oxygen atoms in total. The predicted octanol–water partition coefficient (Wildman–Crippen LogP) is 3.42. The highest BCUT2D eigenvalue weighted by atomic mass is 16.7. The largest absolute Gasteiger partial charge is 0.506 e. The number of ether oxygens (including phenoxy) is 1. The highest BCUT2D eigenvalue weighted by molar-refractivity contribution is 5.97. The fourth-order valence-electron chi connectivity index (χ4n) is 3.47. The van der Waals surface area contributed by atoms with Crippen molar-refractivity contribution >= 4 is 12.1 Å². The third-order valence-corrected chi connectivity index (χ3v) is 4.79. The van der Waals surface area contributed by atoms with Crippen LogP contribution in [0.1, 0.15) is 46.5 Å². The monoisotopic (exact) mass is 338 g/mol. The normalized spacial score (nSPS) is 22.4. The molecule has 128 valence electrons. The smallest absolute Gasteiger partial charge is 0.450 e. The van der Waals surface area contributed by atoms with Gasteiger partial charge in [-0.15, -0.1) is 0 Å². The van der Waals surface area contributed by atoms with E-state index in [0.29, 0.717) is 23.6 Å². The number of benzene rings is 1. The summed E-state index contributed by atoms with van der Waals surface area (Å²) in [6.45, 7) is 0.603. The summed E-state index contributed by atoms with van der Waals surface area (Å²) in [6.07, 6.45) is 3.39. The zero-order valence-electron chi connectivity index (χ0n) is 13.5. The van der Waals surface area contributed by atoms with Crippen LogP contribution in [0, 0.1) is 5.92 Å². The van der Waals surface area contributed by atoms with Crippen LogP contribution in [0.15, 0.2) is 48.8 Å². The maximum absolute atomic E-state index is 13.1. The van der Waals surface area contributed by atoms with Crippen LogP contribution < -0.4 is 0 Å². The molecule has 2 aromatic rings. The molecule has 0 bridgehead atoms. The van der Waals surface area contributed by atoms with Crippen LogP contribution in [-0.4, -0.2) is 33.6 Å². The Kier molecular flexibility index (Phi) is 3.87. The molecule has 1 fully saturated rings. The summed E-state index contributed by atoms with van der Waals surface area (Å²) in [5, 5.41) is 9.26. The number of aromatic nitrogens is 1. The minimum Gasteiger partial charge on any atom is -0.450 e. The standard InChI is InChI=1S/C19H18N2O4/c22-18-15-6-2-1-5-14(15)17(25-19(23)24)16(13-4-3-9-20-10-13)21(18)11-12-7-8-12/h1-6,9-10,12,16-17H,7-8,11H2,(H,23,24). The van der Waals surface area contributed by atoms with Gasteiger partial charge in [-0.3, -0.25) is 9.78 Å². The Morgan fingerprint density at radius 1 is 1.24 bits per heavy atom. The van der Waals surface area contributed by atoms with Gasteiger partial charge in [-0.1, -0.05) is 24.3 Å². The number of carbonyl (C=O) groups is 2. The molecule has 1 aliphatic carbocycles. The average Bonchev–Trinajstić information content (AvgIpc) is 3.44. The summed E-state index contributed by atoms with van der Waals surface area (Å²) < 4.78 is 5.26. The average molecular weight is 338 g/mol. The van der Waals surface area contributed by atoms with Gasteiger partial charge >= 0.3 is 6.16 Å². The molecule has 1 N–H and O–H groups in total. The number of hydrogen-bond donors (Lipinski definition) is 1. The first kappa shape index (κ1) is 15.6. The van der Waals surface area contributed by atoms with Gasteiger partial charge in [0.15, 0.2) is 6.10 Å². The van der Waals surface area contributed by atoms with Crippen molar-refractivity contribution in [3.63, 3.8) is 0 Å². The fourth-order valence-corrected chi connectivity index (χ4v) is 3.47. The van der Waals surface area contributed by atoms with E-state index in [1.54, 1.807) is 47.6 Å². The van der Waals surface area contributed by atoms with Crippen LogP contribution in [0.3, 0.4) is 0 Å². The lowest BCUT2D eigenvalue weighted by atomic mass is 9.87. The third-order valence-electron chi connectivity index (χ3n) is 4.79. The van der Waals surface area contributed by atoms with Crippen LogP contribution in [0.2, 0.25) is 0 Å². The Morgan fingerprint density at radius 3 is 2.72 bits per heavy atom. The Hall–Kier alpha value is -2.89. The second-order valence-electron chi connectivity index (χ2n) is 6.52. The molecule has 25 heavy (non-hydrogen) atoms. The number of pyridine rings is 1. The summed E-state index contributed by atoms with van der Waals surface area (Å²) in [4.78, 5) is 30.3. The van der Waals surface area contributed by atoms with E-state index < -0.39 is 18.3 Å². The number of nitrogens with zero attached hydrogens (tertiary/aromatic N) is 2. The Labute approximate surface area is 145 Å². The maximum Gasteiger partial charge on any atom is 0.506 e. The van der Waals surface area contributed by atoms with Crippen molar-refractivity contribution in [3.8, 4) is 0 Å². The van der Waals surface area contributed by atoms with E-state index in [4.69, 9.17) is 4.74 Å². The summed E-state index contributed by atoms with van der Waals surface area (Å²) in [5.74, 6) is 0.389. The van der Waals surface area contributed by atoms with Gasteiger partial charge in [-0.05, 0) is 36.5 Å². The van der Waals surface area contributed by atoms with E-state index in [0.717, 1.165) is 18.4 Å². The van der Waals surface area contributed by atoms with Gasteiger partial charge < -0.3 is 14.7 Å². The van der Waals surface area contributed by atoms with Crippen LogP contribution in [0.4, 0.5) is 4.79 Å². The lowest BCUT2D eigenvalue weighted by Gasteiger charge is -2.41. The van der Waals surface area contributed by atoms with Gasteiger partial charge in [0.05, 0.1) is 0 Å². The molecule has 1 aliphatic heterocycles. The first-order valence-corrected chi connectivity index (χ1v) is 8.34. The van der Waals surface area contributed by atoms with E-state index in [1.807, 2.05) is 6.07 Å². The molecular formula is C19H18N2O4. The minimum absolute atomic E-state index is 0.0819. The molecule has 2 atom stereocenters. The molecule has 2 aliphatic rings. The number of amides is 1. The maximum atomic E-state index is 13.1. The highest BCUT2D eigenvalue weighted by Crippen LogP contribution is 2.45. The molecule has 2 heterocycles. The molecule has 0 spiro atoms. The molecule has 1 aromatic heterocycles. The molecule has 1 saturated carbocycles. The van der Waals surface area contributed by atoms with Crippen LogP contribution in [0.5, 0.6) is 0 Å². The van der Waals surface area contributed by atoms with Crippen molar-refractivity contribution in [2.24, 2.45) is 5.92 Å². The minimum atomic E-state index is -1.35. The highest BCUT2D eigenvalue weighted by Gasteiger charge is 2.44. The van der Waals surface area contributed by atoms with E-state index >= 15 is 0 Å². The molecule has 1 aromatic carbocycles. The molecular weight excluding hydrogens is 320 g/mol. The number of rotatable bonds is 4. The van der Waals surface area contributed by atoms with E-state index in [1.165, 1.54) is 0 Å². The van der Waals surface area contributed by atoms with Crippen molar-refractivity contribution < 1.29 is 19.4 Å². The van der Waals surface area contributed by atoms with Gasteiger partial charge in [0, 0.05) is 30.1 Å². The quantitative estimate of drug-likeness (QED) is 0.864. The second kappa shape index (κ2) is 6.20. The van der Waals surface area contributed by atoms with Crippen LogP contribution in [0.25, 0.3) is 0 Å². The first-order chi connectivity index (χ1) is 12.1. The lowest BCUT2D eigenvalue weighted by Crippen LogP contribution is -2.44. The Morgan fingerprint density at radius 2 is 2.04 bits per heavy atom.